The molecule has 474 valence electrons. The molecule has 0 aromatic heterocycles. The molecule has 4 amide bonds. The minimum atomic E-state index is -1.01. The number of aliphatic hydroxyl groups excluding tert-OH is 2. The van der Waals surface area contributed by atoms with Crippen LogP contribution in [0.2, 0.25) is 0 Å². The van der Waals surface area contributed by atoms with Crippen molar-refractivity contribution in [3.05, 3.63) is 117 Å². The smallest absolute Gasteiger partial charge is 0.405 e. The zero-order chi connectivity index (χ0) is 65.1. The van der Waals surface area contributed by atoms with Gasteiger partial charge in [-0.25, -0.2) is 9.59 Å². The number of allylic oxidation sites excluding steroid dienone is 8. The van der Waals surface area contributed by atoms with Gasteiger partial charge in [0, 0.05) is 81.3 Å². The van der Waals surface area contributed by atoms with E-state index in [1.807, 2.05) is 13.8 Å². The van der Waals surface area contributed by atoms with Gasteiger partial charge in [0.25, 0.3) is 11.8 Å². The lowest BCUT2D eigenvalue weighted by molar-refractivity contribution is -0.121. The van der Waals surface area contributed by atoms with E-state index in [-0.39, 0.29) is 82.9 Å². The van der Waals surface area contributed by atoms with Gasteiger partial charge < -0.3 is 86.1 Å². The molecule has 2 aliphatic heterocycles. The molecule has 2 aliphatic carbocycles. The molecule has 0 saturated heterocycles. The number of aliphatic hydroxyl groups is 2. The van der Waals surface area contributed by atoms with Gasteiger partial charge in [-0.15, -0.1) is 0 Å². The number of fused-ring (bicyclic) bond motifs is 4. The summed E-state index contributed by atoms with van der Waals surface area (Å²) >= 11 is 0. The Balaban J connectivity index is 0.000000552. The summed E-state index contributed by atoms with van der Waals surface area (Å²) in [4.78, 5) is 122. The van der Waals surface area contributed by atoms with Crippen molar-refractivity contribution in [3.63, 3.8) is 0 Å². The first-order valence-electron chi connectivity index (χ1n) is 27.6. The van der Waals surface area contributed by atoms with Crippen LogP contribution >= 0.6 is 0 Å². The van der Waals surface area contributed by atoms with E-state index < -0.39 is 108 Å². The lowest BCUT2D eigenvalue weighted by Gasteiger charge is -2.30. The first-order chi connectivity index (χ1) is 40.6. The zero-order valence-corrected chi connectivity index (χ0v) is 51.2. The fraction of sp³-hybridized carbons (Fsp3) is 0.508. The molecule has 2 heterocycles. The number of carbonyl (C=O) groups excluding carboxylic acids is 10. The Morgan fingerprint density at radius 1 is 0.628 bits per heavy atom. The molecule has 0 spiro atoms. The quantitative estimate of drug-likeness (QED) is 0.0837. The lowest BCUT2D eigenvalue weighted by atomic mass is 9.85. The van der Waals surface area contributed by atoms with Gasteiger partial charge in [-0.2, -0.15) is 0 Å². The number of amides is 4. The normalized spacial score (nSPS) is 30.9. The maximum absolute atomic E-state index is 13.5. The van der Waals surface area contributed by atoms with Gasteiger partial charge in [0.15, 0.2) is 18.0 Å². The monoisotopic (exact) mass is 1210 g/mol. The Hall–Kier alpha value is -7.78. The third-order valence-electron chi connectivity index (χ3n) is 14.2. The highest BCUT2D eigenvalue weighted by Crippen LogP contribution is 2.32. The number of rotatable bonds is 11. The molecule has 0 aromatic rings. The SMILES string of the molecule is COC1/C=C\C=C(/C)C(=O)NC2=CC(=O)C(NCC=O)=C(CC(C)CC(OC)C(O)C(C)/C=C(\C)C1OC(N)=O)C2=O.COC1=C2CC(C)CC(OC)C(O)C(C)/C=C(\C)C(OC(N)=O)C(OC)/C=C\C=C(/C)C(=O)NC(=CC1=O)C2=O.NCC=O. The molecule has 0 aromatic carbocycles. The fourth-order valence-corrected chi connectivity index (χ4v) is 9.70. The number of carbonyl (C=O) groups is 10. The number of nitrogens with two attached hydrogens (primary N) is 3. The Labute approximate surface area is 501 Å². The molecule has 12 unspecified atom stereocenters. The molecular weight excluding hydrogens is 1120 g/mol. The van der Waals surface area contributed by atoms with Crippen molar-refractivity contribution in [2.45, 2.75) is 130 Å². The first kappa shape index (κ1) is 74.3. The Morgan fingerprint density at radius 2 is 1.02 bits per heavy atom. The number of aldehydes is 2. The summed E-state index contributed by atoms with van der Waals surface area (Å²) in [6.45, 7) is 13.7. The van der Waals surface area contributed by atoms with Crippen molar-refractivity contribution in [1.82, 2.24) is 16.0 Å². The van der Waals surface area contributed by atoms with Gasteiger partial charge >= 0.3 is 12.2 Å². The van der Waals surface area contributed by atoms with E-state index >= 15 is 0 Å². The predicted octanol–water partition coefficient (Wildman–Crippen LogP) is 3.10. The number of ether oxygens (including phenoxy) is 7. The molecule has 0 radical (unpaired) electrons. The fourth-order valence-electron chi connectivity index (χ4n) is 9.70. The van der Waals surface area contributed by atoms with Gasteiger partial charge in [-0.05, 0) is 76.4 Å². The summed E-state index contributed by atoms with van der Waals surface area (Å²) in [6, 6.07) is 0. The molecule has 4 aliphatic rings. The van der Waals surface area contributed by atoms with Crippen molar-refractivity contribution in [2.24, 2.45) is 40.9 Å². The second kappa shape index (κ2) is 36.9. The molecule has 0 fully saturated rings. The third-order valence-corrected chi connectivity index (χ3v) is 14.2. The van der Waals surface area contributed by atoms with Crippen LogP contribution < -0.4 is 33.2 Å². The van der Waals surface area contributed by atoms with Crippen LogP contribution in [0.3, 0.4) is 0 Å². The molecule has 0 saturated carbocycles. The van der Waals surface area contributed by atoms with Crippen LogP contribution in [0.4, 0.5) is 9.59 Å². The molecule has 11 N–H and O–H groups in total. The molecule has 25 nitrogen and oxygen atoms in total. The van der Waals surface area contributed by atoms with Gasteiger partial charge in [-0.3, -0.25) is 28.8 Å². The summed E-state index contributed by atoms with van der Waals surface area (Å²) in [6.07, 6.45) is 8.17. The third kappa shape index (κ3) is 22.3. The van der Waals surface area contributed by atoms with Crippen molar-refractivity contribution >= 4 is 59.7 Å². The summed E-state index contributed by atoms with van der Waals surface area (Å²) in [5, 5.41) is 30.1. The zero-order valence-electron chi connectivity index (χ0n) is 51.2. The predicted molar refractivity (Wildman–Crippen MR) is 315 cm³/mol. The van der Waals surface area contributed by atoms with Crippen molar-refractivity contribution in [3.8, 4) is 0 Å². The van der Waals surface area contributed by atoms with E-state index in [1.54, 1.807) is 58.1 Å². The first-order valence-corrected chi connectivity index (χ1v) is 27.6. The minimum absolute atomic E-state index is 0.00872. The summed E-state index contributed by atoms with van der Waals surface area (Å²) < 4.78 is 38.2. The molecule has 86 heavy (non-hydrogen) atoms. The van der Waals surface area contributed by atoms with Crippen LogP contribution in [0.15, 0.2) is 117 Å². The Morgan fingerprint density at radius 3 is 1.38 bits per heavy atom. The molecule has 25 heteroatoms. The van der Waals surface area contributed by atoms with Crippen LogP contribution in [0, 0.1) is 23.7 Å². The van der Waals surface area contributed by atoms with E-state index in [1.165, 1.54) is 67.6 Å². The van der Waals surface area contributed by atoms with E-state index in [9.17, 15) is 53.4 Å². The molecule has 4 bridgehead atoms. The van der Waals surface area contributed by atoms with Crippen LogP contribution in [-0.4, -0.2) is 167 Å². The van der Waals surface area contributed by atoms with E-state index in [2.05, 4.69) is 21.7 Å². The van der Waals surface area contributed by atoms with Crippen molar-refractivity contribution in [2.75, 3.05) is 48.6 Å². The number of hydrogen-bond donors (Lipinski definition) is 8. The number of ketones is 4. The largest absolute Gasteiger partial charge is 0.492 e. The summed E-state index contributed by atoms with van der Waals surface area (Å²) in [7, 11) is 7.09. The second-order valence-electron chi connectivity index (χ2n) is 21.0. The van der Waals surface area contributed by atoms with E-state index in [4.69, 9.17) is 49.4 Å². The van der Waals surface area contributed by atoms with Gasteiger partial charge in [0.1, 0.15) is 24.8 Å². The maximum Gasteiger partial charge on any atom is 0.405 e. The topological polar surface area (TPSA) is 390 Å². The second-order valence-corrected chi connectivity index (χ2v) is 21.0. The van der Waals surface area contributed by atoms with Crippen LogP contribution in [0.1, 0.15) is 81.1 Å². The Kier molecular flexibility index (Phi) is 31.9. The van der Waals surface area contributed by atoms with Gasteiger partial charge in [-0.1, -0.05) is 76.3 Å². The number of Topliss-reactive ketones (excluding diaryl/α,β-unsaturated/α-hetero) is 2. The van der Waals surface area contributed by atoms with Crippen molar-refractivity contribution < 1.29 is 91.3 Å². The standard InChI is InChI=1S/C30H41N3O9.C29H40N2O9.C2H5NO/c1-16-12-20-25(32-10-11-34)22(35)15-21(27(20)37)33-29(38)17(2)8-7-9-23(40-5)28(42-30(31)39)19(4)14-18(3)26(36)24(13-16)41-6;1-15-11-19-25(34)20(14-21(32)27(19)39-7)31-28(35)16(2)9-8-10-22(37-5)26(40-29(30)36)18(4)13-17(3)24(33)23(12-15)38-6;3-1-2-4/h7-9,11,14-16,18,23-24,26,28,32,36H,10,12-13H2,1-6H3,(H2,31,39)(H,33,38);8-10,13-15,17,22-24,26,33H,11-12H2,1-7H3,(H2,30,36)(H,31,35);2H,1,3H2/b9-7-,17-8+,19-14+;10-8-,16-9+,18-13+;. The minimum Gasteiger partial charge on any atom is -0.492 e. The summed E-state index contributed by atoms with van der Waals surface area (Å²) in [5.74, 6) is -4.85. The van der Waals surface area contributed by atoms with Crippen LogP contribution in [0.25, 0.3) is 0 Å². The highest BCUT2D eigenvalue weighted by Gasteiger charge is 2.36. The Bertz CT molecular complexity index is 2800. The average molecular weight is 1210 g/mol. The average Bonchev–Trinajstić information content (AvgIpc) is 2.03. The number of methoxy groups -OCH3 is 5. The van der Waals surface area contributed by atoms with Crippen LogP contribution in [-0.2, 0) is 71.5 Å². The van der Waals surface area contributed by atoms with E-state index in [0.29, 0.717) is 36.6 Å². The van der Waals surface area contributed by atoms with Gasteiger partial charge in [0.2, 0.25) is 23.1 Å². The number of nitrogens with one attached hydrogen (secondary N) is 3. The highest BCUT2D eigenvalue weighted by molar-refractivity contribution is 6.24. The molecular formula is C61H86N6O19. The van der Waals surface area contributed by atoms with Crippen LogP contribution in [0.5, 0.6) is 0 Å². The number of primary amides is 2. The molecule has 12 atom stereocenters. The summed E-state index contributed by atoms with van der Waals surface area (Å²) in [5.41, 5.74) is 16.8. The van der Waals surface area contributed by atoms with Crippen molar-refractivity contribution in [1.29, 1.82) is 0 Å². The number of hydrogen-bond acceptors (Lipinski definition) is 21. The van der Waals surface area contributed by atoms with E-state index in [0.717, 1.165) is 12.2 Å². The lowest BCUT2D eigenvalue weighted by Crippen LogP contribution is -2.38. The highest BCUT2D eigenvalue weighted by atomic mass is 16.6. The van der Waals surface area contributed by atoms with Gasteiger partial charge in [0.05, 0.1) is 55.2 Å². The molecule has 4 rings (SSSR count). The maximum atomic E-state index is 13.5.